The lowest BCUT2D eigenvalue weighted by molar-refractivity contribution is 0.220. The van der Waals surface area contributed by atoms with Crippen LogP contribution in [0, 0.1) is 5.82 Å². The standard InChI is InChI=1S/C14H13ClFNO2/c1-19-12-4-2-3-9(13(12)15)14(18)10-7-8(16)5-6-11(10)17/h2-7,14,18H,17H2,1H3. The van der Waals surface area contributed by atoms with Crippen LogP contribution in [0.3, 0.4) is 0 Å². The highest BCUT2D eigenvalue weighted by Crippen LogP contribution is 2.36. The summed E-state index contributed by atoms with van der Waals surface area (Å²) in [5.41, 5.74) is 6.73. The maximum absolute atomic E-state index is 13.2. The lowest BCUT2D eigenvalue weighted by Gasteiger charge is -2.16. The highest BCUT2D eigenvalue weighted by Gasteiger charge is 2.19. The van der Waals surface area contributed by atoms with Gasteiger partial charge in [0.25, 0.3) is 0 Å². The number of methoxy groups -OCH3 is 1. The summed E-state index contributed by atoms with van der Waals surface area (Å²) in [6.45, 7) is 0. The Bertz CT molecular complexity index is 604. The summed E-state index contributed by atoms with van der Waals surface area (Å²) in [6, 6.07) is 8.84. The molecule has 0 aliphatic carbocycles. The molecule has 2 aromatic rings. The summed E-state index contributed by atoms with van der Waals surface area (Å²) in [4.78, 5) is 0. The first kappa shape index (κ1) is 13.6. The van der Waals surface area contributed by atoms with E-state index in [0.717, 1.165) is 0 Å². The van der Waals surface area contributed by atoms with Crippen molar-refractivity contribution in [2.45, 2.75) is 6.10 Å². The number of ether oxygens (including phenoxy) is 1. The van der Waals surface area contributed by atoms with Crippen molar-refractivity contribution in [3.05, 3.63) is 58.4 Å². The maximum atomic E-state index is 13.2. The number of anilines is 1. The molecule has 3 N–H and O–H groups in total. The second kappa shape index (κ2) is 5.47. The fourth-order valence-corrected chi connectivity index (χ4v) is 2.15. The molecule has 0 saturated carbocycles. The van der Waals surface area contributed by atoms with Gasteiger partial charge in [-0.25, -0.2) is 4.39 Å². The largest absolute Gasteiger partial charge is 0.495 e. The first-order valence-electron chi connectivity index (χ1n) is 5.60. The Balaban J connectivity index is 2.50. The van der Waals surface area contributed by atoms with E-state index in [-0.39, 0.29) is 10.6 Å². The summed E-state index contributed by atoms with van der Waals surface area (Å²) < 4.78 is 18.3. The second-order valence-corrected chi connectivity index (χ2v) is 4.42. The summed E-state index contributed by atoms with van der Waals surface area (Å²) in [5, 5.41) is 10.6. The number of halogens is 2. The van der Waals surface area contributed by atoms with Crippen molar-refractivity contribution < 1.29 is 14.2 Å². The van der Waals surface area contributed by atoms with Crippen LogP contribution in [0.25, 0.3) is 0 Å². The quantitative estimate of drug-likeness (QED) is 0.850. The molecule has 0 bridgehead atoms. The zero-order valence-electron chi connectivity index (χ0n) is 10.2. The Morgan fingerprint density at radius 2 is 2.00 bits per heavy atom. The SMILES string of the molecule is COc1cccc(C(O)c2cc(F)ccc2N)c1Cl. The zero-order valence-corrected chi connectivity index (χ0v) is 11.0. The molecule has 1 unspecified atom stereocenters. The van der Waals surface area contributed by atoms with Gasteiger partial charge in [0.05, 0.1) is 12.1 Å². The first-order valence-corrected chi connectivity index (χ1v) is 5.97. The van der Waals surface area contributed by atoms with Crippen LogP contribution < -0.4 is 10.5 Å². The van der Waals surface area contributed by atoms with E-state index in [9.17, 15) is 9.50 Å². The average Bonchev–Trinajstić information content (AvgIpc) is 2.41. The van der Waals surface area contributed by atoms with Crippen LogP contribution >= 0.6 is 11.6 Å². The Hall–Kier alpha value is -1.78. The van der Waals surface area contributed by atoms with Crippen LogP contribution in [-0.2, 0) is 0 Å². The van der Waals surface area contributed by atoms with Crippen LogP contribution in [0.1, 0.15) is 17.2 Å². The van der Waals surface area contributed by atoms with Gasteiger partial charge >= 0.3 is 0 Å². The van der Waals surface area contributed by atoms with E-state index in [1.54, 1.807) is 18.2 Å². The number of hydrogen-bond donors (Lipinski definition) is 2. The van der Waals surface area contributed by atoms with Crippen molar-refractivity contribution in [3.8, 4) is 5.75 Å². The highest BCUT2D eigenvalue weighted by molar-refractivity contribution is 6.32. The van der Waals surface area contributed by atoms with Crippen LogP contribution in [0.2, 0.25) is 5.02 Å². The molecule has 1 atom stereocenters. The molecule has 2 aromatic carbocycles. The summed E-state index contributed by atoms with van der Waals surface area (Å²) in [6.07, 6.45) is -1.11. The van der Waals surface area contributed by atoms with Crippen LogP contribution in [0.5, 0.6) is 5.75 Å². The molecule has 0 heterocycles. The highest BCUT2D eigenvalue weighted by atomic mass is 35.5. The van der Waals surface area contributed by atoms with Crippen molar-refractivity contribution in [2.24, 2.45) is 0 Å². The Morgan fingerprint density at radius 3 is 2.68 bits per heavy atom. The monoisotopic (exact) mass is 281 g/mol. The van der Waals surface area contributed by atoms with Crippen molar-refractivity contribution in [3.63, 3.8) is 0 Å². The molecule has 0 spiro atoms. The van der Waals surface area contributed by atoms with E-state index < -0.39 is 11.9 Å². The normalized spacial score (nSPS) is 12.2. The minimum absolute atomic E-state index is 0.273. The Morgan fingerprint density at radius 1 is 1.26 bits per heavy atom. The van der Waals surface area contributed by atoms with E-state index in [1.807, 2.05) is 0 Å². The van der Waals surface area contributed by atoms with E-state index in [1.165, 1.54) is 25.3 Å². The van der Waals surface area contributed by atoms with Gasteiger partial charge in [0.15, 0.2) is 0 Å². The fourth-order valence-electron chi connectivity index (χ4n) is 1.85. The van der Waals surface area contributed by atoms with Crippen molar-refractivity contribution in [2.75, 3.05) is 12.8 Å². The topological polar surface area (TPSA) is 55.5 Å². The molecule has 2 rings (SSSR count). The molecule has 100 valence electrons. The molecule has 5 heteroatoms. The van der Waals surface area contributed by atoms with Crippen LogP contribution in [0.4, 0.5) is 10.1 Å². The van der Waals surface area contributed by atoms with E-state index in [4.69, 9.17) is 22.1 Å². The maximum Gasteiger partial charge on any atom is 0.137 e. The van der Waals surface area contributed by atoms with Crippen molar-refractivity contribution in [1.29, 1.82) is 0 Å². The van der Waals surface area contributed by atoms with Crippen molar-refractivity contribution >= 4 is 17.3 Å². The molecular formula is C14H13ClFNO2. The number of aliphatic hydroxyl groups is 1. The van der Waals surface area contributed by atoms with Gasteiger partial charge in [-0.1, -0.05) is 23.7 Å². The summed E-state index contributed by atoms with van der Waals surface area (Å²) in [7, 11) is 1.48. The lowest BCUT2D eigenvalue weighted by atomic mass is 9.99. The van der Waals surface area contributed by atoms with Crippen molar-refractivity contribution in [1.82, 2.24) is 0 Å². The molecule has 0 fully saturated rings. The predicted molar refractivity (Wildman–Crippen MR) is 72.9 cm³/mol. The Labute approximate surface area is 115 Å². The van der Waals surface area contributed by atoms with Gasteiger partial charge in [0.1, 0.15) is 17.7 Å². The number of benzene rings is 2. The fraction of sp³-hybridized carbons (Fsp3) is 0.143. The minimum atomic E-state index is -1.11. The minimum Gasteiger partial charge on any atom is -0.495 e. The average molecular weight is 282 g/mol. The molecule has 0 amide bonds. The molecule has 0 saturated heterocycles. The molecule has 19 heavy (non-hydrogen) atoms. The lowest BCUT2D eigenvalue weighted by Crippen LogP contribution is -2.05. The molecule has 0 aliphatic heterocycles. The third-order valence-electron chi connectivity index (χ3n) is 2.85. The van der Waals surface area contributed by atoms with E-state index in [2.05, 4.69) is 0 Å². The van der Waals surface area contributed by atoms with Gasteiger partial charge < -0.3 is 15.6 Å². The first-order chi connectivity index (χ1) is 9.04. The van der Waals surface area contributed by atoms with Gasteiger partial charge in [-0.05, 0) is 24.3 Å². The molecule has 0 aromatic heterocycles. The Kier molecular flexibility index (Phi) is 3.93. The van der Waals surface area contributed by atoms with Gasteiger partial charge in [0, 0.05) is 16.8 Å². The smallest absolute Gasteiger partial charge is 0.137 e. The molecule has 0 radical (unpaired) electrons. The number of hydrogen-bond acceptors (Lipinski definition) is 3. The van der Waals surface area contributed by atoms with Gasteiger partial charge in [-0.2, -0.15) is 0 Å². The zero-order chi connectivity index (χ0) is 14.0. The predicted octanol–water partition coefficient (Wildman–Crippen LogP) is 3.15. The van der Waals surface area contributed by atoms with Crippen LogP contribution in [0.15, 0.2) is 36.4 Å². The van der Waals surface area contributed by atoms with Crippen LogP contribution in [-0.4, -0.2) is 12.2 Å². The van der Waals surface area contributed by atoms with Gasteiger partial charge in [-0.3, -0.25) is 0 Å². The van der Waals surface area contributed by atoms with E-state index in [0.29, 0.717) is 17.0 Å². The summed E-state index contributed by atoms with van der Waals surface area (Å²) in [5.74, 6) is -0.0320. The third-order valence-corrected chi connectivity index (χ3v) is 3.26. The number of nitrogen functional groups attached to an aromatic ring is 1. The number of aliphatic hydroxyl groups excluding tert-OH is 1. The second-order valence-electron chi connectivity index (χ2n) is 4.04. The molecule has 3 nitrogen and oxygen atoms in total. The third kappa shape index (κ3) is 2.64. The molecule has 0 aliphatic rings. The van der Waals surface area contributed by atoms with E-state index >= 15 is 0 Å². The summed E-state index contributed by atoms with van der Waals surface area (Å²) >= 11 is 6.13. The number of rotatable bonds is 3. The number of nitrogens with two attached hydrogens (primary N) is 1. The van der Waals surface area contributed by atoms with Gasteiger partial charge in [0.2, 0.25) is 0 Å². The van der Waals surface area contributed by atoms with Gasteiger partial charge in [-0.15, -0.1) is 0 Å². The molecular weight excluding hydrogens is 269 g/mol.